The van der Waals surface area contributed by atoms with Gasteiger partial charge in [-0.15, -0.1) is 0 Å². The molecule has 1 aliphatic rings. The molecule has 0 spiro atoms. The number of halogens is 4. The normalized spacial score (nSPS) is 13.7. The van der Waals surface area contributed by atoms with Gasteiger partial charge in [-0.1, -0.05) is 42.5 Å². The second kappa shape index (κ2) is 11.3. The van der Waals surface area contributed by atoms with Gasteiger partial charge in [0.2, 0.25) is 5.52 Å². The SMILES string of the molecule is CN1C(=CC=Cc2cc[n+](CCO)c3ccccc23)Cc2ccccc21.FB(F)F.[F-]. The van der Waals surface area contributed by atoms with Gasteiger partial charge in [0.25, 0.3) is 0 Å². The molecule has 0 bridgehead atoms. The first kappa shape index (κ1) is 24.1. The Hall–Kier alpha value is -3.13. The lowest BCUT2D eigenvalue weighted by molar-refractivity contribution is -0.672. The average Bonchev–Trinajstić information content (AvgIpc) is 3.05. The molecule has 3 aromatic rings. The molecule has 0 radical (unpaired) electrons. The molecule has 8 heteroatoms. The molecule has 1 aliphatic heterocycles. The predicted octanol–water partition coefficient (Wildman–Crippen LogP) is 1.59. The Kier molecular flexibility index (Phi) is 8.81. The van der Waals surface area contributed by atoms with Crippen molar-refractivity contribution in [2.45, 2.75) is 13.0 Å². The number of benzene rings is 2. The van der Waals surface area contributed by atoms with Gasteiger partial charge < -0.3 is 14.7 Å². The van der Waals surface area contributed by atoms with E-state index in [1.165, 1.54) is 27.9 Å². The van der Waals surface area contributed by atoms with Crippen LogP contribution in [-0.4, -0.2) is 26.3 Å². The number of hydrogen-bond donors (Lipinski definition) is 1. The van der Waals surface area contributed by atoms with Gasteiger partial charge in [0.1, 0.15) is 6.61 Å². The number of likely N-dealkylation sites (N-methyl/N-ethyl adjacent to an activating group) is 1. The molecule has 0 unspecified atom stereocenters. The first-order valence-electron chi connectivity index (χ1n) is 9.64. The van der Waals surface area contributed by atoms with Crippen LogP contribution in [0.1, 0.15) is 11.1 Å². The van der Waals surface area contributed by atoms with Crippen molar-refractivity contribution >= 4 is 30.2 Å². The standard InChI is InChI=1S/C23H23N2O.BF3.FH/c1-24-20(17-19-7-2-4-11-22(19)24)9-6-8-18-13-14-25(15-16-26)23-12-5-3-10-21(18)23;2-1(3)4;/h2-14,26H,15-17H2,1H3;;1H/q+1;;/p-1. The molecule has 0 aliphatic carbocycles. The Balaban J connectivity index is 0.000000631. The van der Waals surface area contributed by atoms with Crippen LogP contribution in [-0.2, 0) is 13.0 Å². The molecule has 0 amide bonds. The first-order valence-corrected chi connectivity index (χ1v) is 9.64. The van der Waals surface area contributed by atoms with Crippen molar-refractivity contribution in [3.8, 4) is 0 Å². The Labute approximate surface area is 179 Å². The van der Waals surface area contributed by atoms with Crippen molar-refractivity contribution in [1.82, 2.24) is 0 Å². The number of para-hydroxylation sites is 2. The van der Waals surface area contributed by atoms with Crippen LogP contribution in [0.3, 0.4) is 0 Å². The van der Waals surface area contributed by atoms with Crippen LogP contribution >= 0.6 is 0 Å². The minimum absolute atomic E-state index is 0. The zero-order valence-corrected chi connectivity index (χ0v) is 17.1. The number of aliphatic hydroxyl groups excluding tert-OH is 1. The lowest BCUT2D eigenvalue weighted by atomic mass is 10.1. The maximum Gasteiger partial charge on any atom is 0.762 e. The van der Waals surface area contributed by atoms with Crippen molar-refractivity contribution in [3.05, 3.63) is 89.8 Å². The van der Waals surface area contributed by atoms with Crippen molar-refractivity contribution in [2.24, 2.45) is 0 Å². The fourth-order valence-corrected chi connectivity index (χ4v) is 3.65. The van der Waals surface area contributed by atoms with E-state index in [2.05, 4.69) is 83.3 Å². The maximum absolute atomic E-state index is 9.67. The molecule has 1 N–H and O–H groups in total. The monoisotopic (exact) mass is 430 g/mol. The number of rotatable bonds is 4. The molecule has 162 valence electrons. The summed E-state index contributed by atoms with van der Waals surface area (Å²) < 4.78 is 31.1. The summed E-state index contributed by atoms with van der Waals surface area (Å²) in [6.45, 7) is 0.750. The van der Waals surface area contributed by atoms with E-state index in [-0.39, 0.29) is 11.3 Å². The molecule has 1 aromatic heterocycles. The van der Waals surface area contributed by atoms with E-state index in [1.807, 2.05) is 12.3 Å². The van der Waals surface area contributed by atoms with Gasteiger partial charge in [0.15, 0.2) is 12.7 Å². The smallest absolute Gasteiger partial charge is 0.762 e. The second-order valence-electron chi connectivity index (χ2n) is 6.83. The highest BCUT2D eigenvalue weighted by Gasteiger charge is 2.19. The zero-order valence-electron chi connectivity index (χ0n) is 17.1. The number of allylic oxidation sites excluding steroid dienone is 3. The van der Waals surface area contributed by atoms with E-state index >= 15 is 0 Å². The topological polar surface area (TPSA) is 27.4 Å². The highest BCUT2D eigenvalue weighted by molar-refractivity contribution is 6.33. The summed E-state index contributed by atoms with van der Waals surface area (Å²) in [5, 5.41) is 10.5. The predicted molar refractivity (Wildman–Crippen MR) is 116 cm³/mol. The zero-order chi connectivity index (χ0) is 21.5. The number of hydrogen-bond acceptors (Lipinski definition) is 2. The molecule has 2 aromatic carbocycles. The van der Waals surface area contributed by atoms with Crippen LogP contribution in [0.5, 0.6) is 0 Å². The number of aliphatic hydroxyl groups is 1. The fraction of sp³-hybridized carbons (Fsp3) is 0.174. The number of fused-ring (bicyclic) bond motifs is 2. The molecule has 31 heavy (non-hydrogen) atoms. The highest BCUT2D eigenvalue weighted by Crippen LogP contribution is 2.32. The molecular weight excluding hydrogens is 407 g/mol. The Morgan fingerprint density at radius 1 is 1.06 bits per heavy atom. The van der Waals surface area contributed by atoms with Gasteiger partial charge in [-0.2, -0.15) is 4.57 Å². The Morgan fingerprint density at radius 2 is 1.74 bits per heavy atom. The van der Waals surface area contributed by atoms with Crippen LogP contribution in [0.4, 0.5) is 18.6 Å². The van der Waals surface area contributed by atoms with Crippen LogP contribution in [0.2, 0.25) is 0 Å². The molecular formula is C23H23BF4N2O. The van der Waals surface area contributed by atoms with E-state index in [1.54, 1.807) is 0 Å². The van der Waals surface area contributed by atoms with Crippen molar-refractivity contribution in [2.75, 3.05) is 18.6 Å². The first-order chi connectivity index (χ1) is 14.5. The summed E-state index contributed by atoms with van der Waals surface area (Å²) in [4.78, 5) is 2.26. The van der Waals surface area contributed by atoms with Crippen molar-refractivity contribution < 1.29 is 27.3 Å². The lowest BCUT2D eigenvalue weighted by Gasteiger charge is -2.13. The average molecular weight is 430 g/mol. The van der Waals surface area contributed by atoms with Gasteiger partial charge in [0.05, 0.1) is 5.39 Å². The van der Waals surface area contributed by atoms with E-state index < -0.39 is 7.54 Å². The van der Waals surface area contributed by atoms with Gasteiger partial charge in [-0.3, -0.25) is 12.9 Å². The Bertz CT molecular complexity index is 1070. The summed E-state index contributed by atoms with van der Waals surface area (Å²) in [5.41, 5.74) is 6.30. The second-order valence-corrected chi connectivity index (χ2v) is 6.83. The summed E-state index contributed by atoms with van der Waals surface area (Å²) in [6, 6.07) is 19.0. The third-order valence-corrected chi connectivity index (χ3v) is 5.02. The van der Waals surface area contributed by atoms with Crippen LogP contribution < -0.4 is 14.2 Å². The molecule has 0 saturated carbocycles. The van der Waals surface area contributed by atoms with Crippen LogP contribution in [0.25, 0.3) is 17.0 Å². The fourth-order valence-electron chi connectivity index (χ4n) is 3.65. The molecule has 0 atom stereocenters. The van der Waals surface area contributed by atoms with E-state index in [9.17, 15) is 18.1 Å². The van der Waals surface area contributed by atoms with Gasteiger partial charge in [-0.05, 0) is 29.3 Å². The molecule has 2 heterocycles. The number of nitrogens with zero attached hydrogens (tertiary/aromatic N) is 2. The van der Waals surface area contributed by atoms with E-state index in [0.717, 1.165) is 11.9 Å². The number of pyridine rings is 1. The summed E-state index contributed by atoms with van der Waals surface area (Å²) in [5.74, 6) is 0. The molecule has 0 saturated heterocycles. The summed E-state index contributed by atoms with van der Waals surface area (Å²) >= 11 is 0. The van der Waals surface area contributed by atoms with Crippen molar-refractivity contribution in [1.29, 1.82) is 0 Å². The van der Waals surface area contributed by atoms with Gasteiger partial charge >= 0.3 is 7.54 Å². The number of aromatic nitrogens is 1. The minimum Gasteiger partial charge on any atom is -1.00 e. The Morgan fingerprint density at radius 3 is 2.45 bits per heavy atom. The summed E-state index contributed by atoms with van der Waals surface area (Å²) in [7, 11) is -1.54. The quantitative estimate of drug-likeness (QED) is 0.387. The van der Waals surface area contributed by atoms with Crippen LogP contribution in [0, 0.1) is 0 Å². The van der Waals surface area contributed by atoms with E-state index in [4.69, 9.17) is 0 Å². The third-order valence-electron chi connectivity index (χ3n) is 5.02. The van der Waals surface area contributed by atoms with Gasteiger partial charge in [-0.25, -0.2) is 0 Å². The summed E-state index contributed by atoms with van der Waals surface area (Å²) in [6.07, 6.45) is 9.51. The maximum atomic E-state index is 9.67. The number of anilines is 1. The van der Waals surface area contributed by atoms with Crippen LogP contribution in [0.15, 0.2) is 78.6 Å². The van der Waals surface area contributed by atoms with Crippen molar-refractivity contribution in [3.63, 3.8) is 0 Å². The lowest BCUT2D eigenvalue weighted by Crippen LogP contribution is -3.00. The third kappa shape index (κ3) is 5.95. The largest absolute Gasteiger partial charge is 1.00 e. The molecule has 0 fully saturated rings. The molecule has 4 rings (SSSR count). The highest BCUT2D eigenvalue weighted by atomic mass is 19.4. The van der Waals surface area contributed by atoms with E-state index in [0.29, 0.717) is 6.54 Å². The van der Waals surface area contributed by atoms with Gasteiger partial charge in [0, 0.05) is 37.0 Å². The minimum atomic E-state index is -3.67. The molecule has 3 nitrogen and oxygen atoms in total.